The van der Waals surface area contributed by atoms with Crippen molar-refractivity contribution < 1.29 is 8.78 Å². The molecule has 1 aromatic carbocycles. The Morgan fingerprint density at radius 1 is 1.17 bits per heavy atom. The van der Waals surface area contributed by atoms with Crippen molar-refractivity contribution >= 4 is 17.3 Å². The molecule has 1 heterocycles. The third-order valence-electron chi connectivity index (χ3n) is 2.47. The SMILES string of the molecule is Fc1cc(F)c(NCCc2ccncc2)c(Cl)c1. The monoisotopic (exact) mass is 268 g/mol. The molecule has 2 aromatic rings. The summed E-state index contributed by atoms with van der Waals surface area (Å²) in [4.78, 5) is 3.91. The van der Waals surface area contributed by atoms with Gasteiger partial charge in [0.1, 0.15) is 5.82 Å². The van der Waals surface area contributed by atoms with Gasteiger partial charge in [0.25, 0.3) is 0 Å². The molecule has 5 heteroatoms. The molecular formula is C13H11ClF2N2. The maximum atomic E-state index is 13.4. The van der Waals surface area contributed by atoms with E-state index >= 15 is 0 Å². The molecule has 0 amide bonds. The predicted molar refractivity (Wildman–Crippen MR) is 67.8 cm³/mol. The highest BCUT2D eigenvalue weighted by Crippen LogP contribution is 2.26. The zero-order chi connectivity index (χ0) is 13.0. The summed E-state index contributed by atoms with van der Waals surface area (Å²) in [5.74, 6) is -1.37. The molecule has 0 aliphatic heterocycles. The second-order valence-electron chi connectivity index (χ2n) is 3.78. The Balaban J connectivity index is 1.99. The van der Waals surface area contributed by atoms with Crippen LogP contribution in [-0.4, -0.2) is 11.5 Å². The van der Waals surface area contributed by atoms with Crippen LogP contribution in [0.25, 0.3) is 0 Å². The number of benzene rings is 1. The Morgan fingerprint density at radius 2 is 1.89 bits per heavy atom. The van der Waals surface area contributed by atoms with Gasteiger partial charge in [-0.25, -0.2) is 8.78 Å². The van der Waals surface area contributed by atoms with E-state index in [2.05, 4.69) is 10.3 Å². The van der Waals surface area contributed by atoms with Crippen LogP contribution < -0.4 is 5.32 Å². The van der Waals surface area contributed by atoms with E-state index in [1.165, 1.54) is 0 Å². The molecule has 0 fully saturated rings. The molecule has 0 aliphatic carbocycles. The van der Waals surface area contributed by atoms with Crippen molar-refractivity contribution in [3.05, 3.63) is 58.9 Å². The lowest BCUT2D eigenvalue weighted by molar-refractivity contribution is 0.585. The van der Waals surface area contributed by atoms with Crippen LogP contribution in [0.1, 0.15) is 5.56 Å². The molecule has 0 bridgehead atoms. The van der Waals surface area contributed by atoms with Gasteiger partial charge >= 0.3 is 0 Å². The number of nitrogens with one attached hydrogen (secondary N) is 1. The van der Waals surface area contributed by atoms with Crippen LogP contribution in [0, 0.1) is 11.6 Å². The van der Waals surface area contributed by atoms with Crippen molar-refractivity contribution in [1.82, 2.24) is 4.98 Å². The van der Waals surface area contributed by atoms with Crippen molar-refractivity contribution in [3.8, 4) is 0 Å². The van der Waals surface area contributed by atoms with Gasteiger partial charge < -0.3 is 5.32 Å². The number of hydrogen-bond donors (Lipinski definition) is 1. The molecule has 0 saturated heterocycles. The molecule has 94 valence electrons. The Kier molecular flexibility index (Phi) is 4.10. The molecule has 2 rings (SSSR count). The predicted octanol–water partition coefficient (Wildman–Crippen LogP) is 3.67. The summed E-state index contributed by atoms with van der Waals surface area (Å²) in [6, 6.07) is 5.65. The van der Waals surface area contributed by atoms with Crippen LogP contribution in [0.5, 0.6) is 0 Å². The van der Waals surface area contributed by atoms with Crippen molar-refractivity contribution in [2.75, 3.05) is 11.9 Å². The summed E-state index contributed by atoms with van der Waals surface area (Å²) in [5.41, 5.74) is 1.21. The topological polar surface area (TPSA) is 24.9 Å². The first kappa shape index (κ1) is 12.8. The van der Waals surface area contributed by atoms with Crippen LogP contribution in [0.2, 0.25) is 5.02 Å². The van der Waals surface area contributed by atoms with Gasteiger partial charge in [-0.05, 0) is 30.2 Å². The minimum Gasteiger partial charge on any atom is -0.381 e. The highest BCUT2D eigenvalue weighted by Gasteiger charge is 2.09. The van der Waals surface area contributed by atoms with Crippen LogP contribution in [0.3, 0.4) is 0 Å². The zero-order valence-corrected chi connectivity index (χ0v) is 10.2. The molecular weight excluding hydrogens is 258 g/mol. The molecule has 0 radical (unpaired) electrons. The van der Waals surface area contributed by atoms with Crippen molar-refractivity contribution in [2.24, 2.45) is 0 Å². The third-order valence-corrected chi connectivity index (χ3v) is 2.77. The number of hydrogen-bond acceptors (Lipinski definition) is 2. The van der Waals surface area contributed by atoms with E-state index in [1.54, 1.807) is 12.4 Å². The minimum atomic E-state index is -0.685. The maximum Gasteiger partial charge on any atom is 0.150 e. The molecule has 0 spiro atoms. The number of anilines is 1. The van der Waals surface area contributed by atoms with E-state index in [9.17, 15) is 8.78 Å². The van der Waals surface area contributed by atoms with Gasteiger partial charge in [-0.3, -0.25) is 4.98 Å². The maximum absolute atomic E-state index is 13.4. The lowest BCUT2D eigenvalue weighted by Crippen LogP contribution is -2.07. The number of aromatic nitrogens is 1. The van der Waals surface area contributed by atoms with E-state index in [0.29, 0.717) is 13.0 Å². The van der Waals surface area contributed by atoms with Gasteiger partial charge in [0.15, 0.2) is 5.82 Å². The quantitative estimate of drug-likeness (QED) is 0.915. The summed E-state index contributed by atoms with van der Waals surface area (Å²) in [7, 11) is 0. The second-order valence-corrected chi connectivity index (χ2v) is 4.18. The number of nitrogens with zero attached hydrogens (tertiary/aromatic N) is 1. The van der Waals surface area contributed by atoms with E-state index in [0.717, 1.165) is 17.7 Å². The van der Waals surface area contributed by atoms with Crippen molar-refractivity contribution in [3.63, 3.8) is 0 Å². The molecule has 2 nitrogen and oxygen atoms in total. The van der Waals surface area contributed by atoms with Gasteiger partial charge in [0, 0.05) is 25.0 Å². The Labute approximate surface area is 109 Å². The highest BCUT2D eigenvalue weighted by atomic mass is 35.5. The molecule has 0 unspecified atom stereocenters. The summed E-state index contributed by atoms with van der Waals surface area (Å²) in [6.45, 7) is 0.506. The Hall–Kier alpha value is -1.68. The lowest BCUT2D eigenvalue weighted by Gasteiger charge is -2.09. The second kappa shape index (κ2) is 5.78. The van der Waals surface area contributed by atoms with E-state index in [4.69, 9.17) is 11.6 Å². The smallest absolute Gasteiger partial charge is 0.150 e. The fraction of sp³-hybridized carbons (Fsp3) is 0.154. The summed E-state index contributed by atoms with van der Waals surface area (Å²) >= 11 is 5.76. The number of pyridine rings is 1. The molecule has 0 atom stereocenters. The van der Waals surface area contributed by atoms with Gasteiger partial charge in [0.2, 0.25) is 0 Å². The van der Waals surface area contributed by atoms with Crippen LogP contribution in [0.15, 0.2) is 36.7 Å². The Morgan fingerprint density at radius 3 is 2.56 bits per heavy atom. The third kappa shape index (κ3) is 3.17. The first-order chi connectivity index (χ1) is 8.66. The Bertz CT molecular complexity index is 509. The number of halogens is 3. The highest BCUT2D eigenvalue weighted by molar-refractivity contribution is 6.33. The molecule has 18 heavy (non-hydrogen) atoms. The van der Waals surface area contributed by atoms with Crippen LogP contribution in [-0.2, 0) is 6.42 Å². The van der Waals surface area contributed by atoms with Gasteiger partial charge in [-0.15, -0.1) is 0 Å². The fourth-order valence-corrected chi connectivity index (χ4v) is 1.85. The summed E-state index contributed by atoms with van der Waals surface area (Å²) < 4.78 is 26.3. The molecule has 1 aromatic heterocycles. The zero-order valence-electron chi connectivity index (χ0n) is 9.46. The largest absolute Gasteiger partial charge is 0.381 e. The lowest BCUT2D eigenvalue weighted by atomic mass is 10.2. The summed E-state index contributed by atoms with van der Waals surface area (Å²) in [6.07, 6.45) is 4.09. The average molecular weight is 269 g/mol. The first-order valence-electron chi connectivity index (χ1n) is 5.44. The first-order valence-corrected chi connectivity index (χ1v) is 5.82. The number of rotatable bonds is 4. The molecule has 0 saturated carbocycles. The van der Waals surface area contributed by atoms with Gasteiger partial charge in [-0.2, -0.15) is 0 Å². The molecule has 0 aliphatic rings. The molecule has 1 N–H and O–H groups in total. The van der Waals surface area contributed by atoms with E-state index < -0.39 is 11.6 Å². The summed E-state index contributed by atoms with van der Waals surface area (Å²) in [5, 5.41) is 2.91. The fourth-order valence-electron chi connectivity index (χ4n) is 1.59. The normalized spacial score (nSPS) is 10.4. The van der Waals surface area contributed by atoms with Crippen molar-refractivity contribution in [2.45, 2.75) is 6.42 Å². The van der Waals surface area contributed by atoms with Crippen LogP contribution in [0.4, 0.5) is 14.5 Å². The van der Waals surface area contributed by atoms with E-state index in [1.807, 2.05) is 12.1 Å². The minimum absolute atomic E-state index is 0.0437. The van der Waals surface area contributed by atoms with Gasteiger partial charge in [0.05, 0.1) is 10.7 Å². The van der Waals surface area contributed by atoms with Crippen LogP contribution >= 0.6 is 11.6 Å². The van der Waals surface area contributed by atoms with Crippen molar-refractivity contribution in [1.29, 1.82) is 0 Å². The standard InChI is InChI=1S/C13H11ClF2N2/c14-11-7-10(15)8-12(16)13(11)18-6-3-9-1-4-17-5-2-9/h1-2,4-5,7-8,18H,3,6H2. The average Bonchev–Trinajstić information content (AvgIpc) is 2.34. The van der Waals surface area contributed by atoms with E-state index in [-0.39, 0.29) is 10.7 Å². The van der Waals surface area contributed by atoms with Gasteiger partial charge in [-0.1, -0.05) is 11.6 Å².